The van der Waals surface area contributed by atoms with Crippen LogP contribution >= 0.6 is 0 Å². The van der Waals surface area contributed by atoms with Crippen molar-refractivity contribution in [2.24, 2.45) is 10.2 Å². The number of nitrogens with zero attached hydrogens (tertiary/aromatic N) is 2. The molecule has 3 aromatic carbocycles. The third-order valence-electron chi connectivity index (χ3n) is 6.23. The number of benzene rings is 3. The molecule has 0 unspecified atom stereocenters. The quantitative estimate of drug-likeness (QED) is 0.0990. The number of Topliss-reactive ketones (excluding diaryl/α,β-unsaturated/α-hetero) is 2. The normalized spacial score (nSPS) is 11.2. The summed E-state index contributed by atoms with van der Waals surface area (Å²) >= 11 is 0. The van der Waals surface area contributed by atoms with Crippen LogP contribution in [0.2, 0.25) is 0 Å². The molecule has 0 saturated heterocycles. The second kappa shape index (κ2) is 15.5. The predicted molar refractivity (Wildman–Crippen MR) is 172 cm³/mol. The maximum Gasteiger partial charge on any atom is 0.340 e. The highest BCUT2D eigenvalue weighted by atomic mass is 16.5. The Bertz CT molecular complexity index is 1630. The Hall–Kier alpha value is -6.18. The van der Waals surface area contributed by atoms with Gasteiger partial charge in [0.25, 0.3) is 11.8 Å². The second-order valence-electron chi connectivity index (χ2n) is 9.82. The number of anilines is 4. The second-order valence-corrected chi connectivity index (χ2v) is 9.82. The molecule has 0 spiro atoms. The van der Waals surface area contributed by atoms with E-state index in [1.807, 2.05) is 0 Å². The standard InChI is InChI=1S/C32H32N6O8/c1-17-7-13-23(31(43)45-5)25(15-17)35-37-27(19(3)39)29(41)33-21-9-11-22(12-10-21)34-30(42)28(20(4)40)38-36-26-16-18(2)8-14-24(26)32(44)46-6/h7-16,35-36H,1-6H3,(H,33,41)(H,34,42)/b37-27+,38-28+. The Morgan fingerprint density at radius 3 is 1.22 bits per heavy atom. The number of nitrogens with one attached hydrogen (secondary N) is 4. The summed E-state index contributed by atoms with van der Waals surface area (Å²) in [6, 6.07) is 15.5. The van der Waals surface area contributed by atoms with Crippen LogP contribution in [0.25, 0.3) is 0 Å². The van der Waals surface area contributed by atoms with E-state index in [2.05, 4.69) is 31.7 Å². The first-order valence-electron chi connectivity index (χ1n) is 13.6. The first-order valence-corrected chi connectivity index (χ1v) is 13.6. The van der Waals surface area contributed by atoms with Crippen LogP contribution in [0.3, 0.4) is 0 Å². The van der Waals surface area contributed by atoms with Crippen LogP contribution in [0.15, 0.2) is 70.9 Å². The Labute approximate surface area is 264 Å². The van der Waals surface area contributed by atoms with Crippen LogP contribution < -0.4 is 21.5 Å². The van der Waals surface area contributed by atoms with E-state index in [9.17, 15) is 28.8 Å². The van der Waals surface area contributed by atoms with Gasteiger partial charge in [-0.3, -0.25) is 30.0 Å². The van der Waals surface area contributed by atoms with Crippen LogP contribution in [0.5, 0.6) is 0 Å². The number of hydrazone groups is 2. The van der Waals surface area contributed by atoms with Gasteiger partial charge in [0.1, 0.15) is 0 Å². The molecular weight excluding hydrogens is 596 g/mol. The fourth-order valence-electron chi connectivity index (χ4n) is 3.91. The number of amides is 2. The number of carbonyl (C=O) groups excluding carboxylic acids is 6. The van der Waals surface area contributed by atoms with Gasteiger partial charge in [0.05, 0.1) is 36.7 Å². The molecule has 14 nitrogen and oxygen atoms in total. The van der Waals surface area contributed by atoms with Crippen LogP contribution in [0.1, 0.15) is 45.7 Å². The van der Waals surface area contributed by atoms with Gasteiger partial charge < -0.3 is 20.1 Å². The number of hydrogen-bond acceptors (Lipinski definition) is 12. The summed E-state index contributed by atoms with van der Waals surface area (Å²) in [5, 5.41) is 12.9. The maximum atomic E-state index is 12.9. The van der Waals surface area contributed by atoms with Gasteiger partial charge >= 0.3 is 11.9 Å². The van der Waals surface area contributed by atoms with Gasteiger partial charge in [0, 0.05) is 25.2 Å². The molecule has 0 aromatic heterocycles. The Kier molecular flexibility index (Phi) is 11.6. The highest BCUT2D eigenvalue weighted by molar-refractivity contribution is 6.67. The van der Waals surface area contributed by atoms with Crippen molar-refractivity contribution >= 4 is 69.5 Å². The van der Waals surface area contributed by atoms with Crippen molar-refractivity contribution < 1.29 is 38.2 Å². The summed E-state index contributed by atoms with van der Waals surface area (Å²) in [6.07, 6.45) is 0. The van der Waals surface area contributed by atoms with E-state index in [0.29, 0.717) is 0 Å². The molecule has 0 aliphatic carbocycles. The van der Waals surface area contributed by atoms with E-state index < -0.39 is 46.7 Å². The van der Waals surface area contributed by atoms with Crippen molar-refractivity contribution in [3.8, 4) is 0 Å². The van der Waals surface area contributed by atoms with E-state index in [-0.39, 0.29) is 33.9 Å². The SMILES string of the molecule is COC(=O)c1ccc(C)cc1N/N=C(\C(C)=O)C(=O)Nc1ccc(NC(=O)/C(=N/Nc2cc(C)ccc2C(=O)OC)C(C)=O)cc1. The topological polar surface area (TPSA) is 194 Å². The molecule has 0 saturated carbocycles. The average Bonchev–Trinajstić information content (AvgIpc) is 3.01. The van der Waals surface area contributed by atoms with E-state index >= 15 is 0 Å². The summed E-state index contributed by atoms with van der Waals surface area (Å²) in [4.78, 5) is 74.4. The molecule has 3 aromatic rings. The molecule has 0 aliphatic rings. The first-order chi connectivity index (χ1) is 21.8. The minimum Gasteiger partial charge on any atom is -0.465 e. The molecule has 0 aliphatic heterocycles. The lowest BCUT2D eigenvalue weighted by Crippen LogP contribution is -2.30. The zero-order valence-corrected chi connectivity index (χ0v) is 25.9. The molecule has 46 heavy (non-hydrogen) atoms. The lowest BCUT2D eigenvalue weighted by atomic mass is 10.1. The summed E-state index contributed by atoms with van der Waals surface area (Å²) in [7, 11) is 2.45. The van der Waals surface area contributed by atoms with Crippen molar-refractivity contribution in [2.75, 3.05) is 35.7 Å². The first kappa shape index (κ1) is 34.3. The monoisotopic (exact) mass is 628 g/mol. The minimum atomic E-state index is -0.830. The van der Waals surface area contributed by atoms with Crippen LogP contribution in [0, 0.1) is 13.8 Å². The third kappa shape index (κ3) is 8.92. The molecule has 0 radical (unpaired) electrons. The molecule has 4 N–H and O–H groups in total. The smallest absolute Gasteiger partial charge is 0.340 e. The van der Waals surface area contributed by atoms with Crippen molar-refractivity contribution in [2.45, 2.75) is 27.7 Å². The van der Waals surface area contributed by atoms with E-state index in [1.54, 1.807) is 38.1 Å². The number of hydrogen-bond donors (Lipinski definition) is 4. The molecule has 14 heteroatoms. The zero-order chi connectivity index (χ0) is 34.0. The molecule has 238 valence electrons. The Morgan fingerprint density at radius 2 is 0.913 bits per heavy atom. The van der Waals surface area contributed by atoms with Gasteiger partial charge in [0.15, 0.2) is 23.0 Å². The number of aryl methyl sites for hydroxylation is 2. The average molecular weight is 629 g/mol. The number of esters is 2. The summed E-state index contributed by atoms with van der Waals surface area (Å²) in [5.74, 6) is -4.20. The predicted octanol–water partition coefficient (Wildman–Crippen LogP) is 3.87. The van der Waals surface area contributed by atoms with Crippen molar-refractivity contribution in [1.29, 1.82) is 0 Å². The molecule has 0 fully saturated rings. The molecule has 0 heterocycles. The van der Waals surface area contributed by atoms with Gasteiger partial charge in [0.2, 0.25) is 0 Å². The van der Waals surface area contributed by atoms with E-state index in [4.69, 9.17) is 9.47 Å². The van der Waals surface area contributed by atoms with Crippen LogP contribution in [-0.4, -0.2) is 61.0 Å². The van der Waals surface area contributed by atoms with Gasteiger partial charge in [-0.25, -0.2) is 9.59 Å². The highest BCUT2D eigenvalue weighted by Crippen LogP contribution is 2.20. The summed E-state index contributed by atoms with van der Waals surface area (Å²) in [6.45, 7) is 5.90. The molecule has 2 amide bonds. The molecule has 0 bridgehead atoms. The fraction of sp³-hybridized carbons (Fsp3) is 0.188. The van der Waals surface area contributed by atoms with Crippen LogP contribution in [-0.2, 0) is 28.7 Å². The van der Waals surface area contributed by atoms with Crippen molar-refractivity contribution in [3.63, 3.8) is 0 Å². The summed E-state index contributed by atoms with van der Waals surface area (Å²) in [5.41, 5.74) is 7.18. The van der Waals surface area contributed by atoms with Gasteiger partial charge in [-0.1, -0.05) is 12.1 Å². The van der Waals surface area contributed by atoms with Gasteiger partial charge in [-0.05, 0) is 73.5 Å². The van der Waals surface area contributed by atoms with Gasteiger partial charge in [-0.15, -0.1) is 0 Å². The number of carbonyl (C=O) groups is 6. The third-order valence-corrected chi connectivity index (χ3v) is 6.23. The Morgan fingerprint density at radius 1 is 0.565 bits per heavy atom. The molecule has 3 rings (SSSR count). The lowest BCUT2D eigenvalue weighted by Gasteiger charge is -2.11. The number of rotatable bonds is 12. The number of ether oxygens (including phenoxy) is 2. The zero-order valence-electron chi connectivity index (χ0n) is 25.9. The van der Waals surface area contributed by atoms with Crippen molar-refractivity contribution in [3.05, 3.63) is 82.9 Å². The largest absolute Gasteiger partial charge is 0.465 e. The highest BCUT2D eigenvalue weighted by Gasteiger charge is 2.21. The van der Waals surface area contributed by atoms with E-state index in [1.165, 1.54) is 50.6 Å². The maximum absolute atomic E-state index is 12.9. The number of methoxy groups -OCH3 is 2. The summed E-state index contributed by atoms with van der Waals surface area (Å²) < 4.78 is 9.53. The molecule has 0 atom stereocenters. The number of ketones is 2. The van der Waals surface area contributed by atoms with E-state index in [0.717, 1.165) is 25.0 Å². The van der Waals surface area contributed by atoms with Gasteiger partial charge in [-0.2, -0.15) is 10.2 Å². The minimum absolute atomic E-state index is 0.160. The fourth-order valence-corrected chi connectivity index (χ4v) is 3.91. The lowest BCUT2D eigenvalue weighted by molar-refractivity contribution is -0.116. The molecular formula is C32H32N6O8. The van der Waals surface area contributed by atoms with Crippen LogP contribution in [0.4, 0.5) is 22.7 Å². The van der Waals surface area contributed by atoms with Crippen molar-refractivity contribution in [1.82, 2.24) is 0 Å². The Balaban J connectivity index is 1.73.